The maximum absolute atomic E-state index is 3.86. The van der Waals surface area contributed by atoms with Crippen molar-refractivity contribution in [3.05, 3.63) is 139 Å². The Balaban J connectivity index is 0.000000147. The van der Waals surface area contributed by atoms with Crippen LogP contribution in [0.3, 0.4) is 0 Å². The van der Waals surface area contributed by atoms with Crippen molar-refractivity contribution in [3.8, 4) is 0 Å². The van der Waals surface area contributed by atoms with Gasteiger partial charge in [-0.3, -0.25) is 0 Å². The molecule has 30 heavy (non-hydrogen) atoms. The highest BCUT2D eigenvalue weighted by Crippen LogP contribution is 2.25. The summed E-state index contributed by atoms with van der Waals surface area (Å²) >= 11 is 0. The fourth-order valence-electron chi connectivity index (χ4n) is 3.49. The van der Waals surface area contributed by atoms with Gasteiger partial charge in [-0.25, -0.2) is 0 Å². The van der Waals surface area contributed by atoms with Crippen molar-refractivity contribution in [2.45, 2.75) is 0 Å². The number of fused-ring (bicyclic) bond motifs is 2. The highest BCUT2D eigenvalue weighted by Gasteiger charge is 2.00. The maximum Gasteiger partial charge on any atom is -0.0105 e. The smallest absolute Gasteiger partial charge is 0.0105 e. The van der Waals surface area contributed by atoms with Crippen molar-refractivity contribution in [2.24, 2.45) is 0 Å². The molecule has 0 amide bonds. The van der Waals surface area contributed by atoms with Gasteiger partial charge in [0.1, 0.15) is 0 Å². The average molecular weight is 385 g/mol. The van der Waals surface area contributed by atoms with Crippen molar-refractivity contribution in [1.82, 2.24) is 0 Å². The summed E-state index contributed by atoms with van der Waals surface area (Å²) in [5, 5.41) is 5.12. The summed E-state index contributed by atoms with van der Waals surface area (Å²) in [5.41, 5.74) is 3.66. The van der Waals surface area contributed by atoms with Gasteiger partial charge in [-0.15, -0.1) is 0 Å². The molecule has 0 nitrogen and oxygen atoms in total. The number of rotatable bonds is 3. The molecule has 0 aliphatic carbocycles. The summed E-state index contributed by atoms with van der Waals surface area (Å²) < 4.78 is 0. The molecule has 5 aromatic carbocycles. The molecular formula is C30H24. The lowest BCUT2D eigenvalue weighted by Gasteiger charge is -2.04. The third-order valence-electron chi connectivity index (χ3n) is 5.07. The van der Waals surface area contributed by atoms with Crippen LogP contribution in [0.2, 0.25) is 0 Å². The number of benzene rings is 5. The van der Waals surface area contributed by atoms with Gasteiger partial charge >= 0.3 is 0 Å². The molecule has 0 unspecified atom stereocenters. The molecule has 0 fully saturated rings. The lowest BCUT2D eigenvalue weighted by atomic mass is 10.00. The van der Waals surface area contributed by atoms with Crippen molar-refractivity contribution in [1.29, 1.82) is 0 Å². The summed E-state index contributed by atoms with van der Waals surface area (Å²) in [7, 11) is 0. The molecule has 5 aromatic rings. The van der Waals surface area contributed by atoms with Crippen LogP contribution in [0.5, 0.6) is 0 Å². The van der Waals surface area contributed by atoms with Gasteiger partial charge in [-0.05, 0) is 50.4 Å². The molecular weight excluding hydrogens is 360 g/mol. The predicted molar refractivity (Wildman–Crippen MR) is 133 cm³/mol. The van der Waals surface area contributed by atoms with Crippen LogP contribution in [0.1, 0.15) is 16.7 Å². The first kappa shape index (κ1) is 19.4. The largest absolute Gasteiger partial charge is 0.0984 e. The third-order valence-corrected chi connectivity index (χ3v) is 5.07. The topological polar surface area (TPSA) is 0 Å². The first-order valence-corrected chi connectivity index (χ1v) is 10.2. The highest BCUT2D eigenvalue weighted by molar-refractivity contribution is 6.01. The molecule has 5 rings (SSSR count). The zero-order valence-electron chi connectivity index (χ0n) is 16.9. The van der Waals surface area contributed by atoms with E-state index in [9.17, 15) is 0 Å². The van der Waals surface area contributed by atoms with Crippen molar-refractivity contribution >= 4 is 39.8 Å². The second-order valence-electron chi connectivity index (χ2n) is 7.13. The minimum absolute atomic E-state index is 1.20. The third kappa shape index (κ3) is 4.74. The minimum atomic E-state index is 1.20. The molecule has 0 radical (unpaired) electrons. The van der Waals surface area contributed by atoms with Crippen LogP contribution in [-0.4, -0.2) is 0 Å². The first-order chi connectivity index (χ1) is 14.8. The lowest BCUT2D eigenvalue weighted by Crippen LogP contribution is -1.79. The van der Waals surface area contributed by atoms with E-state index in [2.05, 4.69) is 97.6 Å². The lowest BCUT2D eigenvalue weighted by molar-refractivity contribution is 1.65. The van der Waals surface area contributed by atoms with Crippen LogP contribution in [0, 0.1) is 0 Å². The van der Waals surface area contributed by atoms with Crippen molar-refractivity contribution in [3.63, 3.8) is 0 Å². The van der Waals surface area contributed by atoms with Crippen LogP contribution in [-0.2, 0) is 0 Å². The average Bonchev–Trinajstić information content (AvgIpc) is 2.83. The van der Waals surface area contributed by atoms with Crippen LogP contribution >= 0.6 is 0 Å². The molecule has 0 atom stereocenters. The maximum atomic E-state index is 3.86. The van der Waals surface area contributed by atoms with E-state index in [0.717, 1.165) is 0 Å². The Kier molecular flexibility index (Phi) is 6.17. The van der Waals surface area contributed by atoms with Gasteiger partial charge in [0, 0.05) is 0 Å². The quantitative estimate of drug-likeness (QED) is 0.216. The van der Waals surface area contributed by atoms with Crippen molar-refractivity contribution in [2.75, 3.05) is 0 Å². The van der Waals surface area contributed by atoms with E-state index in [4.69, 9.17) is 0 Å². The Labute approximate surface area is 178 Å². The molecule has 0 bridgehead atoms. The standard InChI is InChI=1S/C16H12.C14H12/c1-2-12-8-5-9-15-10-13-6-3-4-7-14(13)11-16(12)15;1-3-7-13(8-4-1)11-12-14-9-5-2-6-10-14/h2-11H,1H2;1-12H. The Hall–Kier alpha value is -3.90. The van der Waals surface area contributed by atoms with E-state index in [1.807, 2.05) is 42.5 Å². The van der Waals surface area contributed by atoms with Gasteiger partial charge in [-0.1, -0.05) is 128 Å². The molecule has 0 aliphatic rings. The SMILES string of the molecule is C(=Cc1ccccc1)c1ccccc1.C=Cc1cccc2cc3ccccc3cc12. The summed E-state index contributed by atoms with van der Waals surface area (Å²) in [6, 6.07) is 39.9. The number of hydrogen-bond donors (Lipinski definition) is 0. The fraction of sp³-hybridized carbons (Fsp3) is 0. The molecule has 0 aliphatic heterocycles. The van der Waals surface area contributed by atoms with E-state index in [1.165, 1.54) is 38.2 Å². The van der Waals surface area contributed by atoms with Crippen LogP contribution < -0.4 is 0 Å². The second-order valence-corrected chi connectivity index (χ2v) is 7.13. The summed E-state index contributed by atoms with van der Waals surface area (Å²) in [6.07, 6.45) is 6.15. The zero-order valence-corrected chi connectivity index (χ0v) is 16.9. The molecule has 0 spiro atoms. The van der Waals surface area contributed by atoms with E-state index in [0.29, 0.717) is 0 Å². The summed E-state index contributed by atoms with van der Waals surface area (Å²) in [5.74, 6) is 0. The predicted octanol–water partition coefficient (Wildman–Crippen LogP) is 8.49. The Morgan fingerprint density at radius 3 is 1.53 bits per heavy atom. The molecule has 0 heteroatoms. The van der Waals surface area contributed by atoms with Gasteiger partial charge in [0.2, 0.25) is 0 Å². The molecule has 0 N–H and O–H groups in total. The Morgan fingerprint density at radius 2 is 0.967 bits per heavy atom. The summed E-state index contributed by atoms with van der Waals surface area (Å²) in [6.45, 7) is 3.86. The first-order valence-electron chi connectivity index (χ1n) is 10.2. The van der Waals surface area contributed by atoms with E-state index in [-0.39, 0.29) is 0 Å². The van der Waals surface area contributed by atoms with Crippen LogP contribution in [0.25, 0.3) is 39.8 Å². The monoisotopic (exact) mass is 384 g/mol. The minimum Gasteiger partial charge on any atom is -0.0984 e. The normalized spacial score (nSPS) is 10.7. The summed E-state index contributed by atoms with van der Waals surface area (Å²) in [4.78, 5) is 0. The van der Waals surface area contributed by atoms with Gasteiger partial charge in [0.25, 0.3) is 0 Å². The fourth-order valence-corrected chi connectivity index (χ4v) is 3.49. The molecule has 0 saturated heterocycles. The van der Waals surface area contributed by atoms with Crippen LogP contribution in [0.15, 0.2) is 122 Å². The zero-order chi connectivity index (χ0) is 20.6. The molecule has 144 valence electrons. The Bertz CT molecular complexity index is 1240. The molecule has 0 saturated carbocycles. The van der Waals surface area contributed by atoms with Gasteiger partial charge in [0.15, 0.2) is 0 Å². The van der Waals surface area contributed by atoms with Gasteiger partial charge < -0.3 is 0 Å². The van der Waals surface area contributed by atoms with E-state index >= 15 is 0 Å². The van der Waals surface area contributed by atoms with E-state index in [1.54, 1.807) is 0 Å². The van der Waals surface area contributed by atoms with Crippen LogP contribution in [0.4, 0.5) is 0 Å². The molecule has 0 aromatic heterocycles. The van der Waals surface area contributed by atoms with E-state index < -0.39 is 0 Å². The number of hydrogen-bond acceptors (Lipinski definition) is 0. The second kappa shape index (κ2) is 9.54. The Morgan fingerprint density at radius 1 is 0.467 bits per heavy atom. The molecule has 0 heterocycles. The highest BCUT2D eigenvalue weighted by atomic mass is 14.0. The van der Waals surface area contributed by atoms with Gasteiger partial charge in [0.05, 0.1) is 0 Å². The van der Waals surface area contributed by atoms with Gasteiger partial charge in [-0.2, -0.15) is 0 Å². The van der Waals surface area contributed by atoms with Crippen molar-refractivity contribution < 1.29 is 0 Å².